The Bertz CT molecular complexity index is 5380. The molecule has 7 aromatic carbocycles. The zero-order valence-electron chi connectivity index (χ0n) is 65.7. The highest BCUT2D eigenvalue weighted by atomic mass is 35.5. The Hall–Kier alpha value is -11.2. The van der Waals surface area contributed by atoms with Gasteiger partial charge in [0.25, 0.3) is 0 Å². The zero-order chi connectivity index (χ0) is 87.8. The summed E-state index contributed by atoms with van der Waals surface area (Å²) in [6.45, 7) is 10.2. The molecule has 39 heteroatoms. The molecule has 1 aromatic heterocycles. The lowest BCUT2D eigenvalue weighted by Crippen LogP contribution is -2.65. The topological polar surface area (TPSA) is 543 Å². The molecule has 7 aliphatic heterocycles. The molecule has 2 fully saturated rings. The number of aliphatic hydroxyl groups excluding tert-OH is 5. The van der Waals surface area contributed by atoms with E-state index >= 15 is 19.2 Å². The number of hydrogen-bond donors (Lipinski definition) is 18. The van der Waals surface area contributed by atoms with Crippen LogP contribution in [0, 0.1) is 18.8 Å². The van der Waals surface area contributed by atoms with Gasteiger partial charge in [0, 0.05) is 58.0 Å². The van der Waals surface area contributed by atoms with Crippen LogP contribution in [0.3, 0.4) is 0 Å². The first-order chi connectivity index (χ1) is 57.9. The number of primary amides is 1. The number of aromatic hydroxyl groups is 4. The zero-order valence-corrected chi connectivity index (χ0v) is 68.8. The van der Waals surface area contributed by atoms with Crippen LogP contribution in [0.1, 0.15) is 123 Å². The van der Waals surface area contributed by atoms with E-state index in [0.717, 1.165) is 95.2 Å². The number of carbonyl (C=O) groups excluding carboxylic acids is 7. The van der Waals surface area contributed by atoms with Crippen LogP contribution in [0.15, 0.2) is 133 Å². The Kier molecular flexibility index (Phi) is 26.7. The van der Waals surface area contributed by atoms with Crippen molar-refractivity contribution in [3.8, 4) is 74.1 Å². The van der Waals surface area contributed by atoms with Crippen LogP contribution in [0.4, 0.5) is 0 Å². The van der Waals surface area contributed by atoms with E-state index in [0.29, 0.717) is 5.02 Å². The molecule has 0 aliphatic carbocycles. The molecule has 11 bridgehead atoms. The number of aryl methyl sites for hydroxylation is 1. The van der Waals surface area contributed by atoms with Gasteiger partial charge in [-0.3, -0.25) is 33.6 Å². The smallest absolute Gasteiger partial charge is 0.330 e. The average Bonchev–Trinajstić information content (AvgIpc) is 0.764. The Morgan fingerprint density at radius 1 is 0.672 bits per heavy atom. The van der Waals surface area contributed by atoms with E-state index in [1.165, 1.54) is 19.1 Å². The van der Waals surface area contributed by atoms with Gasteiger partial charge in [-0.05, 0) is 139 Å². The largest absolute Gasteiger partial charge is 0.508 e. The average molecular weight is 1760 g/mol. The molecule has 15 rings (SSSR count). The summed E-state index contributed by atoms with van der Waals surface area (Å²) in [7, 11) is 0. The van der Waals surface area contributed by atoms with E-state index in [9.17, 15) is 70.2 Å². The minimum atomic E-state index is -2.38. The molecule has 8 aromatic rings. The first-order valence-corrected chi connectivity index (χ1v) is 40.5. The lowest BCUT2D eigenvalue weighted by Gasteiger charge is -2.48. The molecule has 0 saturated carbocycles. The van der Waals surface area contributed by atoms with Gasteiger partial charge in [0.2, 0.25) is 64.4 Å². The van der Waals surface area contributed by atoms with Crippen LogP contribution in [0.2, 0.25) is 15.1 Å². The van der Waals surface area contributed by atoms with Crippen LogP contribution in [-0.2, 0) is 59.1 Å². The second-order valence-electron chi connectivity index (χ2n) is 30.9. The number of nitrogens with one attached hydrogen (secondary N) is 7. The monoisotopic (exact) mass is 1760 g/mol. The highest BCUT2D eigenvalue weighted by Gasteiger charge is 2.53. The number of carboxylic acid groups (broad SMARTS) is 1. The van der Waals surface area contributed by atoms with Crippen molar-refractivity contribution in [2.24, 2.45) is 17.6 Å². The number of carboxylic acids is 1. The number of thioether (sulfide) groups is 1. The van der Waals surface area contributed by atoms with Crippen LogP contribution >= 0.6 is 46.6 Å². The molecular formula is C83H86Cl3N11O24S. The van der Waals surface area contributed by atoms with Gasteiger partial charge in [0.1, 0.15) is 89.1 Å². The Morgan fingerprint density at radius 2 is 1.29 bits per heavy atom. The van der Waals surface area contributed by atoms with Crippen molar-refractivity contribution in [1.29, 1.82) is 0 Å². The highest BCUT2D eigenvalue weighted by Crippen LogP contribution is 2.50. The Balaban J connectivity index is 1.00. The summed E-state index contributed by atoms with van der Waals surface area (Å²) < 4.78 is 40.5. The molecule has 7 aliphatic rings. The number of halogens is 3. The molecule has 122 heavy (non-hydrogen) atoms. The summed E-state index contributed by atoms with van der Waals surface area (Å²) in [6.07, 6.45) is -18.5. The number of nitrogens with zero attached hydrogens (tertiary/aromatic N) is 3. The van der Waals surface area contributed by atoms with Gasteiger partial charge < -0.3 is 122 Å². The number of aromatic nitrogens is 3. The number of carbonyl (C=O) groups is 8. The van der Waals surface area contributed by atoms with Crippen molar-refractivity contribution in [2.75, 3.05) is 5.75 Å². The minimum absolute atomic E-state index is 0.0593. The Labute approximate surface area is 714 Å². The van der Waals surface area contributed by atoms with Gasteiger partial charge in [-0.15, -0.1) is 10.2 Å². The van der Waals surface area contributed by atoms with Gasteiger partial charge in [-0.25, -0.2) is 4.79 Å². The molecule has 19 N–H and O–H groups in total. The normalized spacial score (nSPS) is 26.3. The third-order valence-electron chi connectivity index (χ3n) is 21.5. The van der Waals surface area contributed by atoms with Crippen molar-refractivity contribution in [3.05, 3.63) is 182 Å². The fourth-order valence-electron chi connectivity index (χ4n) is 15.0. The van der Waals surface area contributed by atoms with E-state index in [1.807, 2.05) is 50.2 Å². The number of ether oxygens (including phenoxy) is 6. The molecule has 18 atom stereocenters. The number of hydrogen-bond acceptors (Lipinski definition) is 28. The molecule has 0 spiro atoms. The van der Waals surface area contributed by atoms with E-state index in [-0.39, 0.29) is 69.4 Å². The first kappa shape index (κ1) is 88.6. The number of rotatable bonds is 18. The standard InChI is InChI=1S/C83H86Cl3N11O24S/c1-33(2)21-34(3)73(107)93-64-66(102)41-14-19-53(48(85)23-41)117-55-25-43-26-56(70(55)121-81-71(69(105)68(104)57(119-81)32-122-82-95-74(108)35(4)96-97-82)120-59-30-83(6,72(106)36(5)116-59)88-31-37-7-9-38(10-8-37)39-11-16-44(84)17-12-39)118-54-20-15-42(24-49(54)86)67(103)65-79(113)92-63(80(114)115)47-27-45(98)28-52(100)60(47)46-22-40(13-18-51(46)99)61(76(110)94-65)91-77(111)62(43)90-75(109)50(29-58(87)101)89-78(64)112/h7-20,22-28,33-34,36,50,57,59,61-69,71-72,81,88,98-100,102-106H,21,29-32H2,1-6H3,(H2,87,101)(H,89,112)(H,90,109)(H,91,111)(H,92,113)(H,93,107)(H,94,110)(H,114,115)(H,95,97,108)/t34-,36?,50+,57?,59?,61?,62-,63-,64-,65+,66-,67-,68?,69?,71?,72?,81?,83?/m1/s1. The predicted molar refractivity (Wildman–Crippen MR) is 435 cm³/mol. The number of fused-ring (bicyclic) bond motifs is 15. The highest BCUT2D eigenvalue weighted by molar-refractivity contribution is 7.99. The number of nitrogens with two attached hydrogens (primary N) is 1. The van der Waals surface area contributed by atoms with Gasteiger partial charge in [0.05, 0.1) is 34.8 Å². The number of phenolic OH excluding ortho intramolecular Hbond substituents is 3. The van der Waals surface area contributed by atoms with Crippen LogP contribution in [-0.4, -0.2) is 192 Å². The first-order valence-electron chi connectivity index (χ1n) is 38.4. The summed E-state index contributed by atoms with van der Waals surface area (Å²) in [4.78, 5) is 122. The molecule has 35 nitrogen and oxygen atoms in total. The second kappa shape index (κ2) is 36.8. The summed E-state index contributed by atoms with van der Waals surface area (Å²) in [5.74, 6) is -17.6. The van der Waals surface area contributed by atoms with Crippen LogP contribution < -0.4 is 57.2 Å². The SMILES string of the molecule is Cc1nnc(SCC2OC(Oc3c4cc5cc3Oc3ccc(cc3Cl)[C@@H](O)[C@@H](NC(=O)[C@H](C)CC(C)C)C(=O)N[C@@H](CC(N)=O)C(=O)N[C@H]5C(=O)NC3C(=O)N[C@H](C(=O)N[C@@H](C(=O)O)c5cc(O)cc(O)c5-c5cc3ccc5O)[C@H](O)c3ccc(c(Cl)c3)O4)C(OC3CC(C)(NCc4ccc(-c5ccc(Cl)cc5)cc4)C(O)C(C)O3)C(O)C2O)nc1O. The summed E-state index contributed by atoms with van der Waals surface area (Å²) in [5.41, 5.74) is 4.37. The maximum absolute atomic E-state index is 16.3. The predicted octanol–water partition coefficient (Wildman–Crippen LogP) is 6.30. The van der Waals surface area contributed by atoms with Gasteiger partial charge in [-0.2, -0.15) is 4.98 Å². The van der Waals surface area contributed by atoms with E-state index in [1.54, 1.807) is 32.9 Å². The van der Waals surface area contributed by atoms with Gasteiger partial charge >= 0.3 is 5.97 Å². The number of benzene rings is 7. The van der Waals surface area contributed by atoms with E-state index < -0.39 is 236 Å². The molecular weight excluding hydrogens is 1670 g/mol. The number of aliphatic carboxylic acids is 1. The number of amides is 7. The maximum Gasteiger partial charge on any atom is 0.330 e. The summed E-state index contributed by atoms with van der Waals surface area (Å²) >= 11 is 21.4. The number of phenols is 3. The van der Waals surface area contributed by atoms with Crippen molar-refractivity contribution >= 4 is 93.9 Å². The third-order valence-corrected chi connectivity index (χ3v) is 23.2. The van der Waals surface area contributed by atoms with Gasteiger partial charge in [-0.1, -0.05) is 122 Å². The second-order valence-corrected chi connectivity index (χ2v) is 33.1. The van der Waals surface area contributed by atoms with Crippen LogP contribution in [0.25, 0.3) is 22.3 Å². The van der Waals surface area contributed by atoms with E-state index in [4.69, 9.17) is 69.0 Å². The molecule has 2 saturated heterocycles. The molecule has 10 unspecified atom stereocenters. The molecule has 7 amide bonds. The molecule has 8 heterocycles. The fraction of sp³-hybridized carbons (Fsp3) is 0.361. The fourth-order valence-corrected chi connectivity index (χ4v) is 16.4. The molecule has 0 radical (unpaired) electrons. The van der Waals surface area contributed by atoms with Crippen molar-refractivity contribution in [1.82, 2.24) is 52.4 Å². The van der Waals surface area contributed by atoms with Crippen molar-refractivity contribution < 1.29 is 118 Å². The third kappa shape index (κ3) is 19.5. The lowest BCUT2D eigenvalue weighted by molar-refractivity contribution is -0.330. The quantitative estimate of drug-likeness (QED) is 0.0419. The summed E-state index contributed by atoms with van der Waals surface area (Å²) in [5, 5.41) is 144. The van der Waals surface area contributed by atoms with Crippen LogP contribution in [0.5, 0.6) is 51.9 Å². The maximum atomic E-state index is 16.3. The Morgan fingerprint density at radius 3 is 1.91 bits per heavy atom. The van der Waals surface area contributed by atoms with Crippen molar-refractivity contribution in [3.63, 3.8) is 0 Å². The summed E-state index contributed by atoms with van der Waals surface area (Å²) in [6, 6.07) is 15.4. The van der Waals surface area contributed by atoms with E-state index in [2.05, 4.69) is 52.4 Å². The minimum Gasteiger partial charge on any atom is -0.508 e. The molecule has 644 valence electrons. The lowest BCUT2D eigenvalue weighted by atomic mass is 9.84. The van der Waals surface area contributed by atoms with Crippen molar-refractivity contribution in [2.45, 2.75) is 176 Å². The number of aliphatic hydroxyl groups is 5. The van der Waals surface area contributed by atoms with Gasteiger partial charge in [0.15, 0.2) is 29.9 Å².